The average Bonchev–Trinajstić information content (AvgIpc) is 2.27. The molecule has 3 nitrogen and oxygen atoms in total. The van der Waals surface area contributed by atoms with Crippen LogP contribution in [0.4, 0.5) is 0 Å². The number of hydrogen-bond donors (Lipinski definition) is 1. The van der Waals surface area contributed by atoms with Gasteiger partial charge in [0.15, 0.2) is 0 Å². The van der Waals surface area contributed by atoms with Gasteiger partial charge < -0.3 is 14.8 Å². The fourth-order valence-electron chi connectivity index (χ4n) is 1.41. The maximum absolute atomic E-state index is 5.94. The van der Waals surface area contributed by atoms with Gasteiger partial charge in [-0.05, 0) is 24.7 Å². The van der Waals surface area contributed by atoms with Gasteiger partial charge in [-0.15, -0.1) is 0 Å². The van der Waals surface area contributed by atoms with Crippen LogP contribution in [0.15, 0.2) is 18.2 Å². The van der Waals surface area contributed by atoms with E-state index in [0.717, 1.165) is 5.56 Å². The fraction of sp³-hybridized carbons (Fsp3) is 0.455. The lowest BCUT2D eigenvalue weighted by Crippen LogP contribution is -2.21. The summed E-state index contributed by atoms with van der Waals surface area (Å²) in [6, 6.07) is 5.87. The summed E-state index contributed by atoms with van der Waals surface area (Å²) in [7, 11) is 5.18. The third kappa shape index (κ3) is 3.09. The van der Waals surface area contributed by atoms with Crippen LogP contribution >= 0.6 is 11.6 Å². The molecule has 15 heavy (non-hydrogen) atoms. The Morgan fingerprint density at radius 3 is 2.67 bits per heavy atom. The zero-order chi connectivity index (χ0) is 11.3. The second-order valence-electron chi connectivity index (χ2n) is 3.19. The van der Waals surface area contributed by atoms with E-state index in [1.807, 2.05) is 25.2 Å². The number of rotatable bonds is 5. The Hall–Kier alpha value is -0.770. The molecule has 84 valence electrons. The van der Waals surface area contributed by atoms with E-state index >= 15 is 0 Å². The van der Waals surface area contributed by atoms with E-state index in [4.69, 9.17) is 21.1 Å². The molecule has 0 aliphatic heterocycles. The van der Waals surface area contributed by atoms with Gasteiger partial charge in [0.25, 0.3) is 0 Å². The van der Waals surface area contributed by atoms with E-state index in [9.17, 15) is 0 Å². The number of ether oxygens (including phenoxy) is 2. The summed E-state index contributed by atoms with van der Waals surface area (Å²) in [5.74, 6) is 0.686. The Kier molecular flexibility index (Phi) is 4.88. The number of methoxy groups -OCH3 is 2. The van der Waals surface area contributed by atoms with Crippen LogP contribution in [0, 0.1) is 0 Å². The molecule has 1 unspecified atom stereocenters. The first-order chi connectivity index (χ1) is 7.22. The predicted molar refractivity (Wildman–Crippen MR) is 61.7 cm³/mol. The summed E-state index contributed by atoms with van der Waals surface area (Å²) < 4.78 is 10.3. The Bertz CT molecular complexity index is 317. The van der Waals surface area contributed by atoms with Gasteiger partial charge in [-0.1, -0.05) is 17.7 Å². The van der Waals surface area contributed by atoms with Crippen LogP contribution in [-0.2, 0) is 4.74 Å². The second kappa shape index (κ2) is 5.95. The summed E-state index contributed by atoms with van der Waals surface area (Å²) in [6.45, 7) is 0.612. The maximum atomic E-state index is 5.94. The van der Waals surface area contributed by atoms with E-state index in [0.29, 0.717) is 17.4 Å². The van der Waals surface area contributed by atoms with Gasteiger partial charge in [0, 0.05) is 7.11 Å². The van der Waals surface area contributed by atoms with Crippen molar-refractivity contribution in [3.05, 3.63) is 28.8 Å². The van der Waals surface area contributed by atoms with Crippen molar-refractivity contribution >= 4 is 11.6 Å². The number of halogens is 1. The molecule has 0 spiro atoms. The summed E-state index contributed by atoms with van der Waals surface area (Å²) in [5, 5.41) is 3.79. The maximum Gasteiger partial charge on any atom is 0.137 e. The van der Waals surface area contributed by atoms with E-state index < -0.39 is 0 Å². The van der Waals surface area contributed by atoms with Gasteiger partial charge >= 0.3 is 0 Å². The normalized spacial score (nSPS) is 12.5. The molecule has 0 aliphatic carbocycles. The summed E-state index contributed by atoms with van der Waals surface area (Å²) in [6.07, 6.45) is 0. The van der Waals surface area contributed by atoms with Crippen molar-refractivity contribution in [2.45, 2.75) is 6.04 Å². The van der Waals surface area contributed by atoms with Crippen LogP contribution in [0.2, 0.25) is 5.02 Å². The molecule has 4 heteroatoms. The first-order valence-electron chi connectivity index (χ1n) is 4.72. The first kappa shape index (κ1) is 12.3. The molecule has 0 bridgehead atoms. The standard InChI is InChI=1S/C11H16ClNO2/c1-13-10(7-14-2)8-4-5-9(12)11(6-8)15-3/h4-6,10,13H,7H2,1-3H3. The molecule has 0 saturated carbocycles. The van der Waals surface area contributed by atoms with Crippen molar-refractivity contribution in [1.29, 1.82) is 0 Å². The lowest BCUT2D eigenvalue weighted by atomic mass is 10.1. The molecule has 0 aliphatic rings. The Balaban J connectivity index is 2.92. The van der Waals surface area contributed by atoms with Crippen molar-refractivity contribution < 1.29 is 9.47 Å². The Morgan fingerprint density at radius 1 is 1.40 bits per heavy atom. The second-order valence-corrected chi connectivity index (χ2v) is 3.60. The molecule has 1 rings (SSSR count). The summed E-state index contributed by atoms with van der Waals surface area (Å²) >= 11 is 5.94. The van der Waals surface area contributed by atoms with Gasteiger partial charge in [-0.2, -0.15) is 0 Å². The molecule has 1 aromatic rings. The van der Waals surface area contributed by atoms with Crippen molar-refractivity contribution in [3.8, 4) is 5.75 Å². The zero-order valence-corrected chi connectivity index (χ0v) is 9.97. The Labute approximate surface area is 95.3 Å². The summed E-state index contributed by atoms with van der Waals surface area (Å²) in [4.78, 5) is 0. The van der Waals surface area contributed by atoms with Gasteiger partial charge in [0.1, 0.15) is 5.75 Å². The highest BCUT2D eigenvalue weighted by Gasteiger charge is 2.11. The molecule has 0 radical (unpaired) electrons. The van der Waals surface area contributed by atoms with E-state index in [1.54, 1.807) is 14.2 Å². The van der Waals surface area contributed by atoms with Crippen LogP contribution in [0.1, 0.15) is 11.6 Å². The lowest BCUT2D eigenvalue weighted by molar-refractivity contribution is 0.170. The van der Waals surface area contributed by atoms with Crippen molar-refractivity contribution in [2.24, 2.45) is 0 Å². The number of nitrogens with one attached hydrogen (secondary N) is 1. The first-order valence-corrected chi connectivity index (χ1v) is 5.10. The number of likely N-dealkylation sites (N-methyl/N-ethyl adjacent to an activating group) is 1. The van der Waals surface area contributed by atoms with E-state index in [2.05, 4.69) is 5.32 Å². The van der Waals surface area contributed by atoms with Crippen molar-refractivity contribution in [3.63, 3.8) is 0 Å². The van der Waals surface area contributed by atoms with Crippen molar-refractivity contribution in [1.82, 2.24) is 5.32 Å². The number of benzene rings is 1. The molecule has 0 aromatic heterocycles. The molecule has 1 N–H and O–H groups in total. The lowest BCUT2D eigenvalue weighted by Gasteiger charge is -2.16. The van der Waals surface area contributed by atoms with Gasteiger partial charge in [-0.3, -0.25) is 0 Å². The molecular weight excluding hydrogens is 214 g/mol. The van der Waals surface area contributed by atoms with Crippen molar-refractivity contribution in [2.75, 3.05) is 27.9 Å². The molecule has 0 saturated heterocycles. The molecule has 1 atom stereocenters. The average molecular weight is 230 g/mol. The predicted octanol–water partition coefficient (Wildman–Crippen LogP) is 2.26. The van der Waals surface area contributed by atoms with Crippen LogP contribution in [-0.4, -0.2) is 27.9 Å². The highest BCUT2D eigenvalue weighted by molar-refractivity contribution is 6.32. The van der Waals surface area contributed by atoms with Gasteiger partial charge in [0.2, 0.25) is 0 Å². The minimum absolute atomic E-state index is 0.154. The quantitative estimate of drug-likeness (QED) is 0.840. The molecular formula is C11H16ClNO2. The molecule has 0 fully saturated rings. The highest BCUT2D eigenvalue weighted by Crippen LogP contribution is 2.27. The number of hydrogen-bond acceptors (Lipinski definition) is 3. The van der Waals surface area contributed by atoms with Crippen LogP contribution in [0.3, 0.4) is 0 Å². The topological polar surface area (TPSA) is 30.5 Å². The minimum atomic E-state index is 0.154. The monoisotopic (exact) mass is 229 g/mol. The molecule has 0 amide bonds. The van der Waals surface area contributed by atoms with E-state index in [-0.39, 0.29) is 6.04 Å². The fourth-order valence-corrected chi connectivity index (χ4v) is 1.60. The molecule has 0 heterocycles. The molecule has 1 aromatic carbocycles. The Morgan fingerprint density at radius 2 is 2.13 bits per heavy atom. The van der Waals surface area contributed by atoms with Crippen LogP contribution < -0.4 is 10.1 Å². The third-order valence-corrected chi connectivity index (χ3v) is 2.57. The zero-order valence-electron chi connectivity index (χ0n) is 9.21. The van der Waals surface area contributed by atoms with Gasteiger partial charge in [0.05, 0.1) is 24.8 Å². The highest BCUT2D eigenvalue weighted by atomic mass is 35.5. The minimum Gasteiger partial charge on any atom is -0.495 e. The summed E-state index contributed by atoms with van der Waals surface area (Å²) in [5.41, 5.74) is 1.10. The third-order valence-electron chi connectivity index (χ3n) is 2.26. The van der Waals surface area contributed by atoms with Gasteiger partial charge in [-0.25, -0.2) is 0 Å². The van der Waals surface area contributed by atoms with E-state index in [1.165, 1.54) is 0 Å². The largest absolute Gasteiger partial charge is 0.495 e. The van der Waals surface area contributed by atoms with Crippen LogP contribution in [0.25, 0.3) is 0 Å². The van der Waals surface area contributed by atoms with Crippen LogP contribution in [0.5, 0.6) is 5.75 Å². The SMILES string of the molecule is CNC(COC)c1ccc(Cl)c(OC)c1. The smallest absolute Gasteiger partial charge is 0.137 e.